The SMILES string of the molecule is COC1CCC2(CO2)C(C(C)C(O)CCC(C)C)C1OC. The Morgan fingerprint density at radius 2 is 1.86 bits per heavy atom. The third-order valence-electron chi connectivity index (χ3n) is 5.48. The van der Waals surface area contributed by atoms with Crippen LogP contribution in [0, 0.1) is 17.8 Å². The molecule has 21 heavy (non-hydrogen) atoms. The minimum atomic E-state index is -0.299. The largest absolute Gasteiger partial charge is 0.393 e. The molecule has 0 bridgehead atoms. The molecular weight excluding hydrogens is 268 g/mol. The van der Waals surface area contributed by atoms with E-state index in [1.807, 2.05) is 0 Å². The van der Waals surface area contributed by atoms with Gasteiger partial charge in [-0.05, 0) is 37.5 Å². The van der Waals surface area contributed by atoms with Gasteiger partial charge >= 0.3 is 0 Å². The lowest BCUT2D eigenvalue weighted by Gasteiger charge is -2.44. The number of aliphatic hydroxyl groups excluding tert-OH is 1. The molecular formula is C17H32O4. The van der Waals surface area contributed by atoms with Gasteiger partial charge in [0.15, 0.2) is 0 Å². The molecule has 2 rings (SSSR count). The fourth-order valence-electron chi connectivity index (χ4n) is 4.01. The number of methoxy groups -OCH3 is 2. The van der Waals surface area contributed by atoms with E-state index in [0.717, 1.165) is 32.3 Å². The van der Waals surface area contributed by atoms with Crippen LogP contribution < -0.4 is 0 Å². The van der Waals surface area contributed by atoms with Crippen LogP contribution >= 0.6 is 0 Å². The summed E-state index contributed by atoms with van der Waals surface area (Å²) in [6, 6.07) is 0. The van der Waals surface area contributed by atoms with E-state index in [2.05, 4.69) is 20.8 Å². The predicted octanol–water partition coefficient (Wildman–Crippen LogP) is 2.63. The molecule has 1 saturated heterocycles. The first-order valence-electron chi connectivity index (χ1n) is 8.32. The summed E-state index contributed by atoms with van der Waals surface area (Å²) in [5, 5.41) is 10.6. The summed E-state index contributed by atoms with van der Waals surface area (Å²) in [6.45, 7) is 7.34. The first-order valence-corrected chi connectivity index (χ1v) is 8.32. The van der Waals surface area contributed by atoms with Crippen molar-refractivity contribution in [3.63, 3.8) is 0 Å². The van der Waals surface area contributed by atoms with Gasteiger partial charge in [-0.25, -0.2) is 0 Å². The molecule has 2 aliphatic rings. The van der Waals surface area contributed by atoms with E-state index < -0.39 is 0 Å². The van der Waals surface area contributed by atoms with Crippen molar-refractivity contribution in [2.45, 2.75) is 70.4 Å². The second-order valence-electron chi connectivity index (χ2n) is 7.29. The van der Waals surface area contributed by atoms with Crippen molar-refractivity contribution in [3.8, 4) is 0 Å². The molecule has 0 aromatic carbocycles. The second kappa shape index (κ2) is 6.95. The molecule has 1 aliphatic heterocycles. The van der Waals surface area contributed by atoms with Crippen molar-refractivity contribution >= 4 is 0 Å². The standard InChI is InChI=1S/C17H32O4/c1-11(2)6-7-13(18)12(3)15-16(20-5)14(19-4)8-9-17(15)10-21-17/h11-16,18H,6-10H2,1-5H3. The van der Waals surface area contributed by atoms with Crippen LogP contribution in [0.15, 0.2) is 0 Å². The van der Waals surface area contributed by atoms with Crippen molar-refractivity contribution < 1.29 is 19.3 Å². The molecule has 1 N–H and O–H groups in total. The smallest absolute Gasteiger partial charge is 0.0974 e. The highest BCUT2D eigenvalue weighted by Crippen LogP contribution is 2.51. The van der Waals surface area contributed by atoms with Gasteiger partial charge in [0.2, 0.25) is 0 Å². The average Bonchev–Trinajstić information content (AvgIpc) is 3.23. The Labute approximate surface area is 129 Å². The summed E-state index contributed by atoms with van der Waals surface area (Å²) in [5.41, 5.74) is -0.0755. The Bertz CT molecular complexity index is 327. The van der Waals surface area contributed by atoms with Gasteiger partial charge in [-0.3, -0.25) is 0 Å². The van der Waals surface area contributed by atoms with Gasteiger partial charge in [0.1, 0.15) is 0 Å². The van der Waals surface area contributed by atoms with E-state index in [9.17, 15) is 5.11 Å². The average molecular weight is 300 g/mol. The highest BCUT2D eigenvalue weighted by molar-refractivity contribution is 5.09. The van der Waals surface area contributed by atoms with Gasteiger partial charge in [0.25, 0.3) is 0 Å². The minimum Gasteiger partial charge on any atom is -0.393 e. The third-order valence-corrected chi connectivity index (χ3v) is 5.48. The molecule has 1 spiro atoms. The van der Waals surface area contributed by atoms with Crippen LogP contribution in [-0.2, 0) is 14.2 Å². The monoisotopic (exact) mass is 300 g/mol. The highest BCUT2D eigenvalue weighted by Gasteiger charge is 2.60. The first-order chi connectivity index (χ1) is 9.95. The quantitative estimate of drug-likeness (QED) is 0.734. The zero-order valence-corrected chi connectivity index (χ0v) is 14.2. The van der Waals surface area contributed by atoms with Crippen molar-refractivity contribution in [3.05, 3.63) is 0 Å². The lowest BCUT2D eigenvalue weighted by atomic mass is 9.68. The van der Waals surface area contributed by atoms with E-state index in [1.54, 1.807) is 14.2 Å². The molecule has 0 aromatic rings. The Balaban J connectivity index is 2.08. The molecule has 2 fully saturated rings. The van der Waals surface area contributed by atoms with E-state index in [-0.39, 0.29) is 35.7 Å². The Kier molecular flexibility index (Phi) is 5.69. The fraction of sp³-hybridized carbons (Fsp3) is 1.00. The second-order valence-corrected chi connectivity index (χ2v) is 7.29. The van der Waals surface area contributed by atoms with Crippen molar-refractivity contribution in [1.29, 1.82) is 0 Å². The third kappa shape index (κ3) is 3.61. The lowest BCUT2D eigenvalue weighted by Crippen LogP contribution is -2.53. The van der Waals surface area contributed by atoms with Gasteiger partial charge in [-0.2, -0.15) is 0 Å². The Morgan fingerprint density at radius 3 is 2.33 bits per heavy atom. The number of hydrogen-bond donors (Lipinski definition) is 1. The molecule has 1 aliphatic carbocycles. The molecule has 6 unspecified atom stereocenters. The number of ether oxygens (including phenoxy) is 3. The maximum absolute atomic E-state index is 10.6. The van der Waals surface area contributed by atoms with Crippen LogP contribution in [-0.4, -0.2) is 49.8 Å². The van der Waals surface area contributed by atoms with E-state index in [4.69, 9.17) is 14.2 Å². The molecule has 1 heterocycles. The topological polar surface area (TPSA) is 51.2 Å². The van der Waals surface area contributed by atoms with Crippen LogP contribution in [0.5, 0.6) is 0 Å². The highest BCUT2D eigenvalue weighted by atomic mass is 16.6. The van der Waals surface area contributed by atoms with Crippen LogP contribution in [0.4, 0.5) is 0 Å². The summed E-state index contributed by atoms with van der Waals surface area (Å²) in [4.78, 5) is 0. The number of hydrogen-bond acceptors (Lipinski definition) is 4. The number of rotatable bonds is 7. The van der Waals surface area contributed by atoms with Gasteiger partial charge in [0.05, 0.1) is 30.5 Å². The summed E-state index contributed by atoms with van der Waals surface area (Å²) in [6.07, 6.45) is 3.70. The van der Waals surface area contributed by atoms with Gasteiger partial charge < -0.3 is 19.3 Å². The molecule has 0 radical (unpaired) electrons. The fourth-order valence-corrected chi connectivity index (χ4v) is 4.01. The van der Waals surface area contributed by atoms with Crippen LogP contribution in [0.25, 0.3) is 0 Å². The zero-order chi connectivity index (χ0) is 15.6. The van der Waals surface area contributed by atoms with E-state index in [0.29, 0.717) is 5.92 Å². The lowest BCUT2D eigenvalue weighted by molar-refractivity contribution is -0.136. The van der Waals surface area contributed by atoms with Gasteiger partial charge in [0, 0.05) is 20.1 Å². The molecule has 0 amide bonds. The maximum Gasteiger partial charge on any atom is 0.0974 e. The summed E-state index contributed by atoms with van der Waals surface area (Å²) in [5.74, 6) is 0.992. The molecule has 6 atom stereocenters. The van der Waals surface area contributed by atoms with Crippen LogP contribution in [0.3, 0.4) is 0 Å². The number of epoxide rings is 1. The first kappa shape index (κ1) is 17.2. The predicted molar refractivity (Wildman–Crippen MR) is 82.2 cm³/mol. The van der Waals surface area contributed by atoms with Crippen molar-refractivity contribution in [1.82, 2.24) is 0 Å². The van der Waals surface area contributed by atoms with Gasteiger partial charge in [-0.15, -0.1) is 0 Å². The molecule has 4 heteroatoms. The van der Waals surface area contributed by atoms with E-state index >= 15 is 0 Å². The maximum atomic E-state index is 10.6. The Hall–Kier alpha value is -0.160. The molecule has 124 valence electrons. The normalized spacial score (nSPS) is 38.7. The van der Waals surface area contributed by atoms with E-state index in [1.165, 1.54) is 0 Å². The number of aliphatic hydroxyl groups is 1. The summed E-state index contributed by atoms with van der Waals surface area (Å²) in [7, 11) is 3.50. The van der Waals surface area contributed by atoms with Crippen LogP contribution in [0.2, 0.25) is 0 Å². The van der Waals surface area contributed by atoms with Crippen molar-refractivity contribution in [2.75, 3.05) is 20.8 Å². The molecule has 0 aromatic heterocycles. The molecule has 4 nitrogen and oxygen atoms in total. The summed E-state index contributed by atoms with van der Waals surface area (Å²) >= 11 is 0. The van der Waals surface area contributed by atoms with Gasteiger partial charge in [-0.1, -0.05) is 20.8 Å². The zero-order valence-electron chi connectivity index (χ0n) is 14.2. The Morgan fingerprint density at radius 1 is 1.19 bits per heavy atom. The minimum absolute atomic E-state index is 0.00921. The van der Waals surface area contributed by atoms with Crippen molar-refractivity contribution in [2.24, 2.45) is 17.8 Å². The molecule has 1 saturated carbocycles. The summed E-state index contributed by atoms with van der Waals surface area (Å²) < 4.78 is 17.2. The van der Waals surface area contributed by atoms with Crippen LogP contribution in [0.1, 0.15) is 46.5 Å².